The van der Waals surface area contributed by atoms with Gasteiger partial charge in [0.2, 0.25) is 17.2 Å². The van der Waals surface area contributed by atoms with E-state index in [9.17, 15) is 0 Å². The van der Waals surface area contributed by atoms with Crippen LogP contribution in [0.25, 0.3) is 0 Å². The number of hydrogen-bond acceptors (Lipinski definition) is 6. The standard InChI is InChI=1S/C13H16ClN5O/c1-8(2)15-12-17-11(14)18-13(19-12)16-9-4-6-10(20-3)7-5-9/h4-8H,1-3H3,(H2,15,16,17,18,19). The molecule has 0 saturated heterocycles. The molecule has 0 amide bonds. The van der Waals surface area contributed by atoms with Crippen molar-refractivity contribution in [1.82, 2.24) is 15.0 Å². The molecule has 7 heteroatoms. The van der Waals surface area contributed by atoms with Crippen LogP contribution in [0.15, 0.2) is 24.3 Å². The molecule has 2 aromatic rings. The monoisotopic (exact) mass is 293 g/mol. The zero-order valence-corrected chi connectivity index (χ0v) is 12.3. The third-order valence-electron chi connectivity index (χ3n) is 2.37. The van der Waals surface area contributed by atoms with Crippen LogP contribution in [0.4, 0.5) is 17.6 Å². The highest BCUT2D eigenvalue weighted by Crippen LogP contribution is 2.19. The Kier molecular flexibility index (Phi) is 4.57. The van der Waals surface area contributed by atoms with Crippen molar-refractivity contribution < 1.29 is 4.74 Å². The summed E-state index contributed by atoms with van der Waals surface area (Å²) in [5.41, 5.74) is 0.837. The maximum absolute atomic E-state index is 5.89. The second-order valence-electron chi connectivity index (χ2n) is 4.40. The molecule has 2 rings (SSSR count). The molecule has 106 valence electrons. The number of rotatable bonds is 5. The van der Waals surface area contributed by atoms with Crippen LogP contribution < -0.4 is 15.4 Å². The van der Waals surface area contributed by atoms with Crippen molar-refractivity contribution in [2.24, 2.45) is 0 Å². The molecular formula is C13H16ClN5O. The van der Waals surface area contributed by atoms with Gasteiger partial charge in [-0.05, 0) is 49.7 Å². The molecular weight excluding hydrogens is 278 g/mol. The molecule has 1 heterocycles. The lowest BCUT2D eigenvalue weighted by Gasteiger charge is -2.10. The summed E-state index contributed by atoms with van der Waals surface area (Å²) in [5, 5.41) is 6.29. The number of nitrogens with one attached hydrogen (secondary N) is 2. The van der Waals surface area contributed by atoms with E-state index in [2.05, 4.69) is 25.6 Å². The first-order valence-corrected chi connectivity index (χ1v) is 6.54. The minimum Gasteiger partial charge on any atom is -0.497 e. The predicted octanol–water partition coefficient (Wildman–Crippen LogP) is 3.10. The number of hydrogen-bond donors (Lipinski definition) is 2. The molecule has 0 radical (unpaired) electrons. The van der Waals surface area contributed by atoms with Crippen molar-refractivity contribution in [3.05, 3.63) is 29.5 Å². The van der Waals surface area contributed by atoms with Crippen LogP contribution in [0.1, 0.15) is 13.8 Å². The molecule has 0 atom stereocenters. The van der Waals surface area contributed by atoms with Crippen LogP contribution >= 0.6 is 11.6 Å². The number of anilines is 3. The molecule has 0 spiro atoms. The van der Waals surface area contributed by atoms with Gasteiger partial charge in [0.15, 0.2) is 0 Å². The zero-order chi connectivity index (χ0) is 14.5. The topological polar surface area (TPSA) is 72.0 Å². The number of benzene rings is 1. The normalized spacial score (nSPS) is 10.4. The predicted molar refractivity (Wildman–Crippen MR) is 79.9 cm³/mol. The van der Waals surface area contributed by atoms with Crippen LogP contribution in [-0.4, -0.2) is 28.1 Å². The van der Waals surface area contributed by atoms with Crippen molar-refractivity contribution in [1.29, 1.82) is 0 Å². The molecule has 0 aliphatic heterocycles. The van der Waals surface area contributed by atoms with Gasteiger partial charge in [-0.15, -0.1) is 0 Å². The summed E-state index contributed by atoms with van der Waals surface area (Å²) in [6.07, 6.45) is 0. The lowest BCUT2D eigenvalue weighted by molar-refractivity contribution is 0.415. The Bertz CT molecular complexity index is 573. The number of halogens is 1. The first kappa shape index (κ1) is 14.3. The molecule has 6 nitrogen and oxygen atoms in total. The van der Waals surface area contributed by atoms with Crippen LogP contribution in [0, 0.1) is 0 Å². The highest BCUT2D eigenvalue weighted by Gasteiger charge is 2.06. The van der Waals surface area contributed by atoms with Crippen LogP contribution in [0.3, 0.4) is 0 Å². The van der Waals surface area contributed by atoms with Gasteiger partial charge in [0.05, 0.1) is 7.11 Å². The van der Waals surface area contributed by atoms with Crippen LogP contribution in [-0.2, 0) is 0 Å². The minimum atomic E-state index is 0.138. The second kappa shape index (κ2) is 6.38. The summed E-state index contributed by atoms with van der Waals surface area (Å²) in [6, 6.07) is 7.64. The molecule has 2 N–H and O–H groups in total. The lowest BCUT2D eigenvalue weighted by atomic mass is 10.3. The van der Waals surface area contributed by atoms with E-state index in [0.717, 1.165) is 11.4 Å². The second-order valence-corrected chi connectivity index (χ2v) is 4.74. The number of nitrogens with zero attached hydrogens (tertiary/aromatic N) is 3. The highest BCUT2D eigenvalue weighted by molar-refractivity contribution is 6.28. The largest absolute Gasteiger partial charge is 0.497 e. The van der Waals surface area contributed by atoms with Crippen molar-refractivity contribution >= 4 is 29.2 Å². The third-order valence-corrected chi connectivity index (χ3v) is 2.54. The maximum atomic E-state index is 5.89. The molecule has 1 aromatic carbocycles. The SMILES string of the molecule is COc1ccc(Nc2nc(Cl)nc(NC(C)C)n2)cc1. The van der Waals surface area contributed by atoms with Gasteiger partial charge in [0.25, 0.3) is 0 Å². The zero-order valence-electron chi connectivity index (χ0n) is 11.5. The van der Waals surface area contributed by atoms with Crippen molar-refractivity contribution in [2.45, 2.75) is 19.9 Å². The Morgan fingerprint density at radius 3 is 2.30 bits per heavy atom. The van der Waals surface area contributed by atoms with Gasteiger partial charge in [0.1, 0.15) is 5.75 Å². The fourth-order valence-electron chi connectivity index (χ4n) is 1.53. The van der Waals surface area contributed by atoms with E-state index >= 15 is 0 Å². The van der Waals surface area contributed by atoms with E-state index in [-0.39, 0.29) is 11.3 Å². The average Bonchev–Trinajstić information content (AvgIpc) is 2.38. The van der Waals surface area contributed by atoms with Crippen LogP contribution in [0.5, 0.6) is 5.75 Å². The maximum Gasteiger partial charge on any atom is 0.233 e. The van der Waals surface area contributed by atoms with Gasteiger partial charge in [0, 0.05) is 11.7 Å². The molecule has 20 heavy (non-hydrogen) atoms. The molecule has 0 unspecified atom stereocenters. The molecule has 0 aliphatic rings. The van der Waals surface area contributed by atoms with Crippen molar-refractivity contribution in [3.8, 4) is 5.75 Å². The fraction of sp³-hybridized carbons (Fsp3) is 0.308. The summed E-state index contributed by atoms with van der Waals surface area (Å²) in [5.74, 6) is 1.61. The van der Waals surface area contributed by atoms with E-state index in [1.807, 2.05) is 38.1 Å². The number of aromatic nitrogens is 3. The summed E-state index contributed by atoms with van der Waals surface area (Å²) in [6.45, 7) is 3.99. The summed E-state index contributed by atoms with van der Waals surface area (Å²) in [7, 11) is 1.62. The fourth-order valence-corrected chi connectivity index (χ4v) is 1.69. The third kappa shape index (κ3) is 3.96. The first-order valence-electron chi connectivity index (χ1n) is 6.16. The molecule has 0 aliphatic carbocycles. The van der Waals surface area contributed by atoms with Gasteiger partial charge in [-0.1, -0.05) is 0 Å². The Morgan fingerprint density at radius 2 is 1.70 bits per heavy atom. The Hall–Kier alpha value is -2.08. The van der Waals surface area contributed by atoms with Crippen molar-refractivity contribution in [3.63, 3.8) is 0 Å². The molecule has 0 fully saturated rings. The summed E-state index contributed by atoms with van der Waals surface area (Å²) < 4.78 is 5.10. The Morgan fingerprint density at radius 1 is 1.05 bits per heavy atom. The van der Waals surface area contributed by atoms with E-state index in [1.54, 1.807) is 7.11 Å². The van der Waals surface area contributed by atoms with Gasteiger partial charge in [-0.25, -0.2) is 0 Å². The first-order chi connectivity index (χ1) is 9.56. The van der Waals surface area contributed by atoms with Crippen LogP contribution in [0.2, 0.25) is 5.28 Å². The summed E-state index contributed by atoms with van der Waals surface area (Å²) >= 11 is 5.89. The van der Waals surface area contributed by atoms with Crippen molar-refractivity contribution in [2.75, 3.05) is 17.7 Å². The van der Waals surface area contributed by atoms with E-state index in [4.69, 9.17) is 16.3 Å². The molecule has 1 aromatic heterocycles. The smallest absolute Gasteiger partial charge is 0.233 e. The van der Waals surface area contributed by atoms with Gasteiger partial charge < -0.3 is 15.4 Å². The number of ether oxygens (including phenoxy) is 1. The van der Waals surface area contributed by atoms with Gasteiger partial charge >= 0.3 is 0 Å². The Balaban J connectivity index is 2.17. The van der Waals surface area contributed by atoms with Gasteiger partial charge in [-0.2, -0.15) is 15.0 Å². The number of methoxy groups -OCH3 is 1. The highest BCUT2D eigenvalue weighted by atomic mass is 35.5. The Labute approximate surface area is 122 Å². The average molecular weight is 294 g/mol. The van der Waals surface area contributed by atoms with E-state index in [0.29, 0.717) is 11.9 Å². The molecule has 0 bridgehead atoms. The van der Waals surface area contributed by atoms with E-state index in [1.165, 1.54) is 0 Å². The van der Waals surface area contributed by atoms with Gasteiger partial charge in [-0.3, -0.25) is 0 Å². The lowest BCUT2D eigenvalue weighted by Crippen LogP contribution is -2.14. The quantitative estimate of drug-likeness (QED) is 0.882. The molecule has 0 saturated carbocycles. The summed E-state index contributed by atoms with van der Waals surface area (Å²) in [4.78, 5) is 12.3. The minimum absolute atomic E-state index is 0.138. The van der Waals surface area contributed by atoms with E-state index < -0.39 is 0 Å².